The molecule has 0 fully saturated rings. The summed E-state index contributed by atoms with van der Waals surface area (Å²) in [5.41, 5.74) is 0. The second kappa shape index (κ2) is 4.46. The fraction of sp³-hybridized carbons (Fsp3) is 1.00. The highest BCUT2D eigenvalue weighted by atomic mass is 19.4. The molecule has 2 unspecified atom stereocenters. The highest BCUT2D eigenvalue weighted by molar-refractivity contribution is 4.78. The van der Waals surface area contributed by atoms with Crippen LogP contribution in [0.5, 0.6) is 0 Å². The van der Waals surface area contributed by atoms with E-state index < -0.39 is 36.1 Å². The highest BCUT2D eigenvalue weighted by Crippen LogP contribution is 2.40. The van der Waals surface area contributed by atoms with Crippen LogP contribution < -0.4 is 0 Å². The molecule has 0 radical (unpaired) electrons. The van der Waals surface area contributed by atoms with Crippen LogP contribution in [0.3, 0.4) is 0 Å². The maximum Gasteiger partial charge on any atom is 0.465 e. The zero-order valence-corrected chi connectivity index (χ0v) is 7.26. The van der Waals surface area contributed by atoms with Gasteiger partial charge in [0.15, 0.2) is 0 Å². The van der Waals surface area contributed by atoms with Gasteiger partial charge in [0.05, 0.1) is 0 Å². The first-order valence-corrected chi connectivity index (χ1v) is 3.45. The summed E-state index contributed by atoms with van der Waals surface area (Å²) < 4.78 is 129. The fourth-order valence-electron chi connectivity index (χ4n) is 0.687. The third kappa shape index (κ3) is 4.16. The van der Waals surface area contributed by atoms with E-state index in [-0.39, 0.29) is 0 Å². The predicted octanol–water partition coefficient (Wildman–Crippen LogP) is 3.52. The molecule has 0 aromatic heterocycles. The van der Waals surface area contributed by atoms with Gasteiger partial charge in [-0.15, -0.1) is 4.90 Å². The lowest BCUT2D eigenvalue weighted by molar-refractivity contribution is -0.380. The van der Waals surface area contributed by atoms with Gasteiger partial charge in [-0.1, -0.05) is 0 Å². The van der Waals surface area contributed by atoms with Gasteiger partial charge in [0.1, 0.15) is 0 Å². The molecule has 0 saturated carbocycles. The molecule has 0 aromatic rings. The number of rotatable bonds is 2. The smallest absolute Gasteiger partial charge is 0.219 e. The van der Waals surface area contributed by atoms with E-state index in [0.29, 0.717) is 0 Å². The van der Waals surface area contributed by atoms with Gasteiger partial charge in [-0.2, -0.15) is 39.5 Å². The van der Waals surface area contributed by atoms with E-state index in [1.807, 2.05) is 0 Å². The molecule has 12 heteroatoms. The van der Waals surface area contributed by atoms with E-state index >= 15 is 0 Å². The summed E-state index contributed by atoms with van der Waals surface area (Å²) >= 11 is 0. The van der Waals surface area contributed by atoms with Gasteiger partial charge in [0.2, 0.25) is 0 Å². The topological polar surface area (TPSA) is 3.24 Å². The molecule has 0 aliphatic rings. The van der Waals surface area contributed by atoms with Crippen LogP contribution in [0.2, 0.25) is 0 Å². The molecule has 0 aliphatic heterocycles. The van der Waals surface area contributed by atoms with Gasteiger partial charge in [-0.05, 0) is 0 Å². The van der Waals surface area contributed by atoms with Crippen LogP contribution in [0, 0.1) is 0 Å². The molecule has 0 bridgehead atoms. The molecule has 0 spiro atoms. The molecule has 2 atom stereocenters. The van der Waals surface area contributed by atoms with Crippen molar-refractivity contribution in [3.8, 4) is 0 Å². The Labute approximate surface area is 85.8 Å². The van der Waals surface area contributed by atoms with Crippen LogP contribution >= 0.6 is 0 Å². The lowest BCUT2D eigenvalue weighted by Gasteiger charge is -2.32. The van der Waals surface area contributed by atoms with Gasteiger partial charge in [0.25, 0.3) is 12.6 Å². The van der Waals surface area contributed by atoms with Crippen molar-refractivity contribution in [3.05, 3.63) is 0 Å². The quantitative estimate of drug-likeness (QED) is 0.554. The minimum atomic E-state index is -6.48. The van der Waals surface area contributed by atoms with E-state index in [1.54, 1.807) is 0 Å². The van der Waals surface area contributed by atoms with Crippen LogP contribution in [0.15, 0.2) is 0 Å². The number of alkyl halides is 11. The fourth-order valence-corrected chi connectivity index (χ4v) is 0.687. The number of nitrogens with zero attached hydrogens (tertiary/aromatic N) is 1. The average molecular weight is 285 g/mol. The molecule has 0 amide bonds. The number of hydrogen-bond donors (Lipinski definition) is 0. The van der Waals surface area contributed by atoms with Gasteiger partial charge in [-0.3, -0.25) is 0 Å². The Balaban J connectivity index is 5.32. The minimum Gasteiger partial charge on any atom is -0.219 e. The van der Waals surface area contributed by atoms with Crippen molar-refractivity contribution in [2.75, 3.05) is 0 Å². The summed E-state index contributed by atoms with van der Waals surface area (Å²) in [6, 6.07) is 0. The van der Waals surface area contributed by atoms with E-state index in [0.717, 1.165) is 0 Å². The lowest BCUT2D eigenvalue weighted by Crippen LogP contribution is -2.58. The zero-order valence-electron chi connectivity index (χ0n) is 7.26. The molecule has 104 valence electrons. The summed E-state index contributed by atoms with van der Waals surface area (Å²) in [6.07, 6.45) is -29.4. The second-order valence-corrected chi connectivity index (χ2v) is 2.63. The zero-order chi connectivity index (χ0) is 14.2. The molecule has 0 aliphatic carbocycles. The van der Waals surface area contributed by atoms with Crippen molar-refractivity contribution in [1.82, 2.24) is 4.90 Å². The lowest BCUT2D eigenvalue weighted by atomic mass is 10.4. The van der Waals surface area contributed by atoms with Crippen molar-refractivity contribution >= 4 is 0 Å². The highest BCUT2D eigenvalue weighted by Gasteiger charge is 2.63. The van der Waals surface area contributed by atoms with Crippen molar-refractivity contribution < 1.29 is 48.3 Å². The molecular formula is C5H2F11N. The van der Waals surface area contributed by atoms with E-state index in [9.17, 15) is 48.3 Å². The van der Waals surface area contributed by atoms with Crippen molar-refractivity contribution in [2.24, 2.45) is 0 Å². The maximum absolute atomic E-state index is 12.2. The van der Waals surface area contributed by atoms with Crippen LogP contribution in [-0.2, 0) is 0 Å². The molecule has 17 heavy (non-hydrogen) atoms. The third-order valence-electron chi connectivity index (χ3n) is 1.32. The van der Waals surface area contributed by atoms with Crippen molar-refractivity contribution in [1.29, 1.82) is 0 Å². The van der Waals surface area contributed by atoms with E-state index in [1.165, 1.54) is 0 Å². The summed E-state index contributed by atoms with van der Waals surface area (Å²) in [7, 11) is 0. The number of hydrogen-bond acceptors (Lipinski definition) is 1. The summed E-state index contributed by atoms with van der Waals surface area (Å²) in [5, 5.41) is 0. The predicted molar refractivity (Wildman–Crippen MR) is 29.8 cm³/mol. The first-order valence-electron chi connectivity index (χ1n) is 3.45. The minimum absolute atomic E-state index is 2.90. The normalized spacial score (nSPS) is 18.4. The molecule has 0 N–H and O–H groups in total. The first-order chi connectivity index (χ1) is 7.19. The molecule has 0 aromatic carbocycles. The van der Waals surface area contributed by atoms with Gasteiger partial charge < -0.3 is 0 Å². The molecule has 0 rings (SSSR count). The van der Waals surface area contributed by atoms with E-state index in [4.69, 9.17) is 0 Å². The Morgan fingerprint density at radius 1 is 0.588 bits per heavy atom. The van der Waals surface area contributed by atoms with Crippen LogP contribution in [0.25, 0.3) is 0 Å². The SMILES string of the molecule is FC(N(C(F)C(F)(F)F)C(F)(F)F)C(F)(F)F. The summed E-state index contributed by atoms with van der Waals surface area (Å²) in [4.78, 5) is -2.90. The van der Waals surface area contributed by atoms with Crippen LogP contribution in [-0.4, -0.2) is 36.1 Å². The van der Waals surface area contributed by atoms with Gasteiger partial charge in [-0.25, -0.2) is 8.78 Å². The molecular weight excluding hydrogens is 283 g/mol. The summed E-state index contributed by atoms with van der Waals surface area (Å²) in [6.45, 7) is 0. The first kappa shape index (κ1) is 16.2. The molecule has 0 saturated heterocycles. The Hall–Kier alpha value is -0.810. The maximum atomic E-state index is 12.2. The Kier molecular flexibility index (Phi) is 4.25. The molecule has 1 nitrogen and oxygen atoms in total. The molecule has 0 heterocycles. The summed E-state index contributed by atoms with van der Waals surface area (Å²) in [5.74, 6) is 0. The average Bonchev–Trinajstić information content (AvgIpc) is 1.97. The second-order valence-electron chi connectivity index (χ2n) is 2.63. The van der Waals surface area contributed by atoms with Gasteiger partial charge >= 0.3 is 18.7 Å². The van der Waals surface area contributed by atoms with Gasteiger partial charge in [0, 0.05) is 0 Å². The third-order valence-corrected chi connectivity index (χ3v) is 1.32. The largest absolute Gasteiger partial charge is 0.465 e. The monoisotopic (exact) mass is 285 g/mol. The van der Waals surface area contributed by atoms with Crippen LogP contribution in [0.4, 0.5) is 48.3 Å². The standard InChI is InChI=1S/C5H2F11N/c6-1(3(8,9)10)17(5(14,15)16)2(7)4(11,12)13/h1-2H. The Morgan fingerprint density at radius 3 is 0.941 bits per heavy atom. The number of halogens is 11. The Bertz CT molecular complexity index is 228. The Morgan fingerprint density at radius 2 is 0.824 bits per heavy atom. The van der Waals surface area contributed by atoms with Crippen molar-refractivity contribution in [3.63, 3.8) is 0 Å². The van der Waals surface area contributed by atoms with Crippen molar-refractivity contribution in [2.45, 2.75) is 31.2 Å². The van der Waals surface area contributed by atoms with Crippen LogP contribution in [0.1, 0.15) is 0 Å². The van der Waals surface area contributed by atoms with E-state index in [2.05, 4.69) is 0 Å².